The van der Waals surface area contributed by atoms with Crippen molar-refractivity contribution in [1.29, 1.82) is 0 Å². The summed E-state index contributed by atoms with van der Waals surface area (Å²) in [6, 6.07) is 5.28. The van der Waals surface area contributed by atoms with Crippen molar-refractivity contribution in [2.24, 2.45) is 0 Å². The Kier molecular flexibility index (Phi) is 5.37. The molecule has 4 nitrogen and oxygen atoms in total. The summed E-state index contributed by atoms with van der Waals surface area (Å²) >= 11 is 5.53. The number of benzene rings is 1. The molecule has 1 aromatic carbocycles. The van der Waals surface area contributed by atoms with Crippen molar-refractivity contribution < 1.29 is 12.8 Å². The lowest BCUT2D eigenvalue weighted by molar-refractivity contribution is 0.468. The van der Waals surface area contributed by atoms with Gasteiger partial charge in [0.25, 0.3) is 0 Å². The molecule has 0 heterocycles. The van der Waals surface area contributed by atoms with Crippen LogP contribution in [0.2, 0.25) is 0 Å². The van der Waals surface area contributed by atoms with Gasteiger partial charge in [0.1, 0.15) is 5.82 Å². The predicted molar refractivity (Wildman–Crippen MR) is 71.7 cm³/mol. The van der Waals surface area contributed by atoms with Gasteiger partial charge in [-0.05, 0) is 30.7 Å². The Bertz CT molecular complexity index is 478. The molecule has 1 aromatic rings. The van der Waals surface area contributed by atoms with E-state index in [2.05, 4.69) is 0 Å². The van der Waals surface area contributed by atoms with Gasteiger partial charge in [0, 0.05) is 26.5 Å². The van der Waals surface area contributed by atoms with Crippen molar-refractivity contribution in [2.75, 3.05) is 30.8 Å². The van der Waals surface area contributed by atoms with Gasteiger partial charge in [0.05, 0.1) is 5.69 Å². The lowest BCUT2D eigenvalue weighted by atomic mass is 10.3. The standard InChI is InChI=1S/C11H16ClFN2O2S/c1-14(9-3-8-12)18(16,17)15(2)11-6-4-10(13)5-7-11/h4-7H,3,8-9H2,1-2H3. The highest BCUT2D eigenvalue weighted by molar-refractivity contribution is 7.90. The maximum Gasteiger partial charge on any atom is 0.303 e. The Labute approximate surface area is 112 Å². The first kappa shape index (κ1) is 15.2. The predicted octanol–water partition coefficient (Wildman–Crippen LogP) is 2.07. The minimum atomic E-state index is -3.59. The molecular weight excluding hydrogens is 279 g/mol. The Morgan fingerprint density at radius 3 is 2.28 bits per heavy atom. The van der Waals surface area contributed by atoms with Gasteiger partial charge in [0.2, 0.25) is 0 Å². The average Bonchev–Trinajstić information content (AvgIpc) is 2.35. The molecular formula is C11H16ClFN2O2S. The van der Waals surface area contributed by atoms with Crippen LogP contribution in [0.15, 0.2) is 24.3 Å². The van der Waals surface area contributed by atoms with Crippen LogP contribution in [-0.2, 0) is 10.2 Å². The zero-order chi connectivity index (χ0) is 13.8. The van der Waals surface area contributed by atoms with Crippen LogP contribution in [0, 0.1) is 5.82 Å². The molecule has 0 unspecified atom stereocenters. The van der Waals surface area contributed by atoms with E-state index in [1.54, 1.807) is 0 Å². The van der Waals surface area contributed by atoms with Crippen molar-refractivity contribution >= 4 is 27.5 Å². The number of hydrogen-bond donors (Lipinski definition) is 0. The minimum Gasteiger partial charge on any atom is -0.261 e. The third kappa shape index (κ3) is 3.57. The van der Waals surface area contributed by atoms with Crippen LogP contribution in [0.5, 0.6) is 0 Å². The zero-order valence-corrected chi connectivity index (χ0v) is 11.9. The van der Waals surface area contributed by atoms with Gasteiger partial charge in [0.15, 0.2) is 0 Å². The molecule has 0 radical (unpaired) electrons. The highest BCUT2D eigenvalue weighted by Crippen LogP contribution is 2.18. The Morgan fingerprint density at radius 2 is 1.78 bits per heavy atom. The van der Waals surface area contributed by atoms with Gasteiger partial charge in [-0.15, -0.1) is 11.6 Å². The summed E-state index contributed by atoms with van der Waals surface area (Å²) in [5.74, 6) is 0.000161. The SMILES string of the molecule is CN(CCCCl)S(=O)(=O)N(C)c1ccc(F)cc1. The summed E-state index contributed by atoms with van der Waals surface area (Å²) in [7, 11) is -0.673. The molecule has 1 rings (SSSR count). The van der Waals surface area contributed by atoms with Gasteiger partial charge >= 0.3 is 10.2 Å². The second-order valence-corrected chi connectivity index (χ2v) is 6.26. The molecule has 102 valence electrons. The molecule has 0 aliphatic carbocycles. The summed E-state index contributed by atoms with van der Waals surface area (Å²) in [5, 5.41) is 0. The van der Waals surface area contributed by atoms with Crippen LogP contribution in [-0.4, -0.2) is 39.2 Å². The first-order valence-electron chi connectivity index (χ1n) is 5.41. The van der Waals surface area contributed by atoms with E-state index in [1.165, 1.54) is 42.7 Å². The number of alkyl halides is 1. The molecule has 0 fully saturated rings. The first-order chi connectivity index (χ1) is 8.39. The maximum atomic E-state index is 12.8. The van der Waals surface area contributed by atoms with Gasteiger partial charge in [-0.1, -0.05) is 0 Å². The molecule has 18 heavy (non-hydrogen) atoms. The van der Waals surface area contributed by atoms with E-state index in [0.717, 1.165) is 4.31 Å². The second-order valence-electron chi connectivity index (χ2n) is 3.82. The monoisotopic (exact) mass is 294 g/mol. The minimum absolute atomic E-state index is 0.345. The van der Waals surface area contributed by atoms with Crippen LogP contribution in [0.3, 0.4) is 0 Å². The molecule has 0 N–H and O–H groups in total. The van der Waals surface area contributed by atoms with Crippen molar-refractivity contribution in [3.63, 3.8) is 0 Å². The molecule has 0 spiro atoms. The Hall–Kier alpha value is -0.850. The average molecular weight is 295 g/mol. The molecule has 0 amide bonds. The van der Waals surface area contributed by atoms with Gasteiger partial charge in [-0.25, -0.2) is 4.39 Å². The summed E-state index contributed by atoms with van der Waals surface area (Å²) in [5.41, 5.74) is 0.411. The van der Waals surface area contributed by atoms with Crippen molar-refractivity contribution in [3.8, 4) is 0 Å². The van der Waals surface area contributed by atoms with Gasteiger partial charge in [-0.3, -0.25) is 4.31 Å². The molecule has 0 saturated heterocycles. The van der Waals surface area contributed by atoms with Crippen LogP contribution in [0.25, 0.3) is 0 Å². The molecule has 0 aromatic heterocycles. The van der Waals surface area contributed by atoms with E-state index in [4.69, 9.17) is 11.6 Å². The van der Waals surface area contributed by atoms with Crippen molar-refractivity contribution in [1.82, 2.24) is 4.31 Å². The quantitative estimate of drug-likeness (QED) is 0.754. The Balaban J connectivity index is 2.87. The topological polar surface area (TPSA) is 40.6 Å². The number of anilines is 1. The van der Waals surface area contributed by atoms with Crippen LogP contribution in [0.4, 0.5) is 10.1 Å². The fourth-order valence-corrected chi connectivity index (χ4v) is 2.68. The zero-order valence-electron chi connectivity index (χ0n) is 10.3. The van der Waals surface area contributed by atoms with E-state index in [9.17, 15) is 12.8 Å². The molecule has 0 aliphatic heterocycles. The van der Waals surface area contributed by atoms with Gasteiger partial charge in [-0.2, -0.15) is 12.7 Å². The normalized spacial score (nSPS) is 11.8. The van der Waals surface area contributed by atoms with E-state index in [0.29, 0.717) is 24.5 Å². The van der Waals surface area contributed by atoms with Crippen LogP contribution < -0.4 is 4.31 Å². The summed E-state index contributed by atoms with van der Waals surface area (Å²) in [6.45, 7) is 0.345. The number of halogens is 2. The van der Waals surface area contributed by atoms with Crippen LogP contribution >= 0.6 is 11.6 Å². The maximum absolute atomic E-state index is 12.8. The summed E-state index contributed by atoms with van der Waals surface area (Å²) in [4.78, 5) is 0. The number of hydrogen-bond acceptors (Lipinski definition) is 2. The Morgan fingerprint density at radius 1 is 1.22 bits per heavy atom. The largest absolute Gasteiger partial charge is 0.303 e. The molecule has 0 bridgehead atoms. The smallest absolute Gasteiger partial charge is 0.261 e. The molecule has 0 atom stereocenters. The fraction of sp³-hybridized carbons (Fsp3) is 0.455. The summed E-state index contributed by atoms with van der Waals surface area (Å²) < 4.78 is 39.4. The first-order valence-corrected chi connectivity index (χ1v) is 7.34. The molecule has 0 saturated carbocycles. The van der Waals surface area contributed by atoms with Gasteiger partial charge < -0.3 is 0 Å². The van der Waals surface area contributed by atoms with E-state index in [-0.39, 0.29) is 0 Å². The third-order valence-corrected chi connectivity index (χ3v) is 4.68. The van der Waals surface area contributed by atoms with Crippen molar-refractivity contribution in [3.05, 3.63) is 30.1 Å². The number of nitrogens with zero attached hydrogens (tertiary/aromatic N) is 2. The lowest BCUT2D eigenvalue weighted by Gasteiger charge is -2.25. The van der Waals surface area contributed by atoms with E-state index in [1.807, 2.05) is 0 Å². The molecule has 7 heteroatoms. The van der Waals surface area contributed by atoms with Crippen LogP contribution in [0.1, 0.15) is 6.42 Å². The third-order valence-electron chi connectivity index (χ3n) is 2.54. The second kappa shape index (κ2) is 6.36. The number of rotatable bonds is 6. The summed E-state index contributed by atoms with van der Waals surface area (Å²) in [6.07, 6.45) is 0.578. The molecule has 0 aliphatic rings. The highest BCUT2D eigenvalue weighted by Gasteiger charge is 2.23. The van der Waals surface area contributed by atoms with E-state index < -0.39 is 16.0 Å². The van der Waals surface area contributed by atoms with E-state index >= 15 is 0 Å². The van der Waals surface area contributed by atoms with Crippen molar-refractivity contribution in [2.45, 2.75) is 6.42 Å². The lowest BCUT2D eigenvalue weighted by Crippen LogP contribution is -2.40. The fourth-order valence-electron chi connectivity index (χ4n) is 1.39. The highest BCUT2D eigenvalue weighted by atomic mass is 35.5.